The Kier molecular flexibility index (Phi) is 7.11. The molecular weight excluding hydrogens is 308 g/mol. The Hall–Kier alpha value is -2.23. The van der Waals surface area contributed by atoms with Gasteiger partial charge in [0.05, 0.1) is 5.71 Å². The van der Waals surface area contributed by atoms with Gasteiger partial charge in [-0.25, -0.2) is 15.4 Å². The highest BCUT2D eigenvalue weighted by atomic mass is 15.4. The zero-order chi connectivity index (χ0) is 18.2. The van der Waals surface area contributed by atoms with Crippen LogP contribution in [0, 0.1) is 6.92 Å². The average Bonchev–Trinajstić information content (AvgIpc) is 2.63. The van der Waals surface area contributed by atoms with Crippen LogP contribution in [-0.4, -0.2) is 15.7 Å². The number of benzene rings is 1. The second kappa shape index (κ2) is 9.30. The van der Waals surface area contributed by atoms with E-state index in [1.807, 2.05) is 19.9 Å². The second-order valence-corrected chi connectivity index (χ2v) is 6.67. The van der Waals surface area contributed by atoms with Crippen LogP contribution in [0.1, 0.15) is 75.4 Å². The Balaban J connectivity index is 2.14. The van der Waals surface area contributed by atoms with E-state index in [1.54, 1.807) is 0 Å². The van der Waals surface area contributed by atoms with E-state index < -0.39 is 0 Å². The predicted molar refractivity (Wildman–Crippen MR) is 106 cm³/mol. The first-order chi connectivity index (χ1) is 12.0. The van der Waals surface area contributed by atoms with Gasteiger partial charge in [-0.3, -0.25) is 0 Å². The molecule has 2 aromatic rings. The smallest absolute Gasteiger partial charge is 0.243 e. The first-order valence-corrected chi connectivity index (χ1v) is 9.28. The summed E-state index contributed by atoms with van der Waals surface area (Å²) in [7, 11) is 0. The summed E-state index contributed by atoms with van der Waals surface area (Å²) >= 11 is 0. The molecule has 0 saturated heterocycles. The van der Waals surface area contributed by atoms with Crippen LogP contribution in [0.2, 0.25) is 0 Å². The molecule has 1 aromatic heterocycles. The standard InChI is InChI=1S/C21H30N4/c1-6-8-12-20-13-16(4)22-21(23-20)25-24-17(5)19-11-9-10-18(14-19)15(3)7-2/h9-11,13-15H,6-8,12H2,1-5H3,(H,22,23,25). The summed E-state index contributed by atoms with van der Waals surface area (Å²) in [6.45, 7) is 10.7. The molecule has 1 unspecified atom stereocenters. The van der Waals surface area contributed by atoms with E-state index in [9.17, 15) is 0 Å². The quantitative estimate of drug-likeness (QED) is 0.512. The van der Waals surface area contributed by atoms with Crippen molar-refractivity contribution >= 4 is 11.7 Å². The van der Waals surface area contributed by atoms with Crippen LogP contribution in [-0.2, 0) is 6.42 Å². The molecule has 1 N–H and O–H groups in total. The molecule has 1 heterocycles. The summed E-state index contributed by atoms with van der Waals surface area (Å²) < 4.78 is 0. The second-order valence-electron chi connectivity index (χ2n) is 6.67. The number of aromatic nitrogens is 2. The number of nitrogens with one attached hydrogen (secondary N) is 1. The van der Waals surface area contributed by atoms with Crippen molar-refractivity contribution in [1.29, 1.82) is 0 Å². The van der Waals surface area contributed by atoms with Crippen molar-refractivity contribution in [3.05, 3.63) is 52.8 Å². The van der Waals surface area contributed by atoms with Gasteiger partial charge in [0.1, 0.15) is 0 Å². The predicted octanol–water partition coefficient (Wildman–Crippen LogP) is 5.48. The number of anilines is 1. The van der Waals surface area contributed by atoms with Crippen molar-refractivity contribution in [2.75, 3.05) is 5.43 Å². The Morgan fingerprint density at radius 1 is 1.20 bits per heavy atom. The topological polar surface area (TPSA) is 50.2 Å². The van der Waals surface area contributed by atoms with Crippen molar-refractivity contribution in [1.82, 2.24) is 9.97 Å². The Morgan fingerprint density at radius 2 is 2.00 bits per heavy atom. The molecule has 134 valence electrons. The summed E-state index contributed by atoms with van der Waals surface area (Å²) in [6.07, 6.45) is 4.42. The molecule has 0 aliphatic heterocycles. The van der Waals surface area contributed by atoms with Crippen LogP contribution in [0.4, 0.5) is 5.95 Å². The average molecular weight is 338 g/mol. The lowest BCUT2D eigenvalue weighted by atomic mass is 9.96. The van der Waals surface area contributed by atoms with Crippen LogP contribution in [0.25, 0.3) is 0 Å². The Labute approximate surface area is 151 Å². The van der Waals surface area contributed by atoms with Gasteiger partial charge >= 0.3 is 0 Å². The van der Waals surface area contributed by atoms with E-state index in [0.29, 0.717) is 11.9 Å². The molecule has 0 radical (unpaired) electrons. The maximum atomic E-state index is 4.57. The molecule has 25 heavy (non-hydrogen) atoms. The molecule has 0 spiro atoms. The molecule has 0 fully saturated rings. The Morgan fingerprint density at radius 3 is 2.72 bits per heavy atom. The molecule has 0 bridgehead atoms. The van der Waals surface area contributed by atoms with Gasteiger partial charge in [-0.15, -0.1) is 0 Å². The highest BCUT2D eigenvalue weighted by Gasteiger charge is 2.06. The van der Waals surface area contributed by atoms with Gasteiger partial charge < -0.3 is 0 Å². The van der Waals surface area contributed by atoms with Crippen LogP contribution in [0.15, 0.2) is 35.4 Å². The fourth-order valence-electron chi connectivity index (χ4n) is 2.67. The summed E-state index contributed by atoms with van der Waals surface area (Å²) in [4.78, 5) is 9.00. The van der Waals surface area contributed by atoms with E-state index in [-0.39, 0.29) is 0 Å². The van der Waals surface area contributed by atoms with E-state index in [4.69, 9.17) is 0 Å². The van der Waals surface area contributed by atoms with Crippen LogP contribution >= 0.6 is 0 Å². The number of nitrogens with zero attached hydrogens (tertiary/aromatic N) is 3. The maximum absolute atomic E-state index is 4.57. The van der Waals surface area contributed by atoms with Crippen LogP contribution < -0.4 is 5.43 Å². The number of unbranched alkanes of at least 4 members (excludes halogenated alkanes) is 1. The highest BCUT2D eigenvalue weighted by Crippen LogP contribution is 2.20. The largest absolute Gasteiger partial charge is 0.245 e. The molecule has 0 amide bonds. The van der Waals surface area contributed by atoms with Crippen LogP contribution in [0.5, 0.6) is 0 Å². The van der Waals surface area contributed by atoms with E-state index >= 15 is 0 Å². The van der Waals surface area contributed by atoms with Crippen molar-refractivity contribution in [3.63, 3.8) is 0 Å². The zero-order valence-electron chi connectivity index (χ0n) is 16.1. The summed E-state index contributed by atoms with van der Waals surface area (Å²) in [5.74, 6) is 1.13. The lowest BCUT2D eigenvalue weighted by Gasteiger charge is -2.11. The monoisotopic (exact) mass is 338 g/mol. The zero-order valence-corrected chi connectivity index (χ0v) is 16.1. The fraction of sp³-hybridized carbons (Fsp3) is 0.476. The fourth-order valence-corrected chi connectivity index (χ4v) is 2.67. The van der Waals surface area contributed by atoms with Gasteiger partial charge in [-0.2, -0.15) is 5.10 Å². The van der Waals surface area contributed by atoms with Crippen molar-refractivity contribution < 1.29 is 0 Å². The number of hydrogen-bond acceptors (Lipinski definition) is 4. The van der Waals surface area contributed by atoms with Gasteiger partial charge in [0.25, 0.3) is 0 Å². The van der Waals surface area contributed by atoms with Gasteiger partial charge in [0.2, 0.25) is 5.95 Å². The first-order valence-electron chi connectivity index (χ1n) is 9.28. The number of rotatable bonds is 8. The van der Waals surface area contributed by atoms with Gasteiger partial charge in [0, 0.05) is 11.4 Å². The third-order valence-corrected chi connectivity index (χ3v) is 4.50. The summed E-state index contributed by atoms with van der Waals surface area (Å²) in [6, 6.07) is 10.6. The van der Waals surface area contributed by atoms with Gasteiger partial charge in [-0.05, 0) is 62.3 Å². The molecular formula is C21H30N4. The minimum atomic E-state index is 0.557. The Bertz CT molecular complexity index is 722. The molecule has 4 nitrogen and oxygen atoms in total. The summed E-state index contributed by atoms with van der Waals surface area (Å²) in [5, 5.41) is 4.50. The number of hydrogen-bond donors (Lipinski definition) is 1. The molecule has 0 saturated carbocycles. The van der Waals surface area contributed by atoms with E-state index in [2.05, 4.69) is 65.5 Å². The van der Waals surface area contributed by atoms with Crippen molar-refractivity contribution in [2.24, 2.45) is 5.10 Å². The molecule has 0 aliphatic rings. The molecule has 2 rings (SSSR count). The normalized spacial score (nSPS) is 12.9. The minimum Gasteiger partial charge on any atom is -0.245 e. The maximum Gasteiger partial charge on any atom is 0.243 e. The first kappa shape index (κ1) is 19.1. The SMILES string of the molecule is CCCCc1cc(C)nc(NN=C(C)c2cccc(C(C)CC)c2)n1. The summed E-state index contributed by atoms with van der Waals surface area (Å²) in [5.41, 5.74) is 8.48. The third kappa shape index (κ3) is 5.66. The lowest BCUT2D eigenvalue weighted by molar-refractivity contribution is 0.733. The lowest BCUT2D eigenvalue weighted by Crippen LogP contribution is -2.05. The van der Waals surface area contributed by atoms with Crippen LogP contribution in [0.3, 0.4) is 0 Å². The molecule has 4 heteroatoms. The third-order valence-electron chi connectivity index (χ3n) is 4.50. The van der Waals surface area contributed by atoms with Crippen molar-refractivity contribution in [3.8, 4) is 0 Å². The van der Waals surface area contributed by atoms with Gasteiger partial charge in [0.15, 0.2) is 0 Å². The van der Waals surface area contributed by atoms with Crippen molar-refractivity contribution in [2.45, 2.75) is 66.2 Å². The molecule has 0 aliphatic carbocycles. The molecule has 1 atom stereocenters. The minimum absolute atomic E-state index is 0.557. The highest BCUT2D eigenvalue weighted by molar-refractivity contribution is 5.99. The van der Waals surface area contributed by atoms with E-state index in [0.717, 1.165) is 48.3 Å². The van der Waals surface area contributed by atoms with E-state index in [1.165, 1.54) is 5.56 Å². The number of hydrazone groups is 1. The number of aryl methyl sites for hydroxylation is 2. The molecule has 1 aromatic carbocycles. The van der Waals surface area contributed by atoms with Gasteiger partial charge in [-0.1, -0.05) is 45.4 Å².